The molecule has 0 aromatic rings. The van der Waals surface area contributed by atoms with Gasteiger partial charge in [-0.2, -0.15) is 13.2 Å². The quantitative estimate of drug-likeness (QED) is 0.419. The number of likely N-dealkylation sites (N-methyl/N-ethyl adjacent to an activating group) is 1. The van der Waals surface area contributed by atoms with Crippen LogP contribution < -0.4 is 5.43 Å². The zero-order valence-electron chi connectivity index (χ0n) is 6.46. The number of carbonyl (C=O) groups is 1. The minimum absolute atomic E-state index is 0.387. The Labute approximate surface area is 70.7 Å². The molecule has 1 fully saturated rings. The summed E-state index contributed by atoms with van der Waals surface area (Å²) in [4.78, 5) is 10.7. The van der Waals surface area contributed by atoms with E-state index < -0.39 is 23.9 Å². The topological polar surface area (TPSA) is 72.8 Å². The first-order valence-electron chi connectivity index (χ1n) is 3.23. The fourth-order valence-electron chi connectivity index (χ4n) is 1.01. The summed E-state index contributed by atoms with van der Waals surface area (Å²) in [6.07, 6.45) is -4.90. The monoisotopic (exact) mass is 200 g/mol. The third kappa shape index (κ3) is 1.47. The standard InChI is InChI=1S/C5H7F3N2O3/c1-10-3(11)4(12,13)2(9-10)5(6,7)8/h2,9,12-13H,1H3. The van der Waals surface area contributed by atoms with Gasteiger partial charge >= 0.3 is 6.18 Å². The maximum absolute atomic E-state index is 12.0. The average molecular weight is 200 g/mol. The van der Waals surface area contributed by atoms with Crippen LogP contribution in [0.25, 0.3) is 0 Å². The minimum Gasteiger partial charge on any atom is -0.357 e. The molecule has 76 valence electrons. The summed E-state index contributed by atoms with van der Waals surface area (Å²) >= 11 is 0. The van der Waals surface area contributed by atoms with E-state index in [-0.39, 0.29) is 0 Å². The van der Waals surface area contributed by atoms with E-state index in [1.54, 1.807) is 5.43 Å². The molecule has 0 bridgehead atoms. The van der Waals surface area contributed by atoms with E-state index in [1.165, 1.54) is 0 Å². The first-order chi connectivity index (χ1) is 5.67. The SMILES string of the molecule is CN1NC(C(F)(F)F)C(O)(O)C1=O. The normalized spacial score (nSPS) is 28.3. The molecular weight excluding hydrogens is 193 g/mol. The highest BCUT2D eigenvalue weighted by atomic mass is 19.4. The summed E-state index contributed by atoms with van der Waals surface area (Å²) in [6.45, 7) is 0. The number of hydrogen-bond acceptors (Lipinski definition) is 4. The van der Waals surface area contributed by atoms with E-state index in [9.17, 15) is 18.0 Å². The van der Waals surface area contributed by atoms with Crippen LogP contribution in [0.3, 0.4) is 0 Å². The van der Waals surface area contributed by atoms with Gasteiger partial charge in [0.05, 0.1) is 0 Å². The van der Waals surface area contributed by atoms with Crippen molar-refractivity contribution >= 4 is 5.91 Å². The molecule has 0 radical (unpaired) electrons. The lowest BCUT2D eigenvalue weighted by atomic mass is 10.1. The lowest BCUT2D eigenvalue weighted by molar-refractivity contribution is -0.245. The van der Waals surface area contributed by atoms with Gasteiger partial charge in [0, 0.05) is 7.05 Å². The second-order valence-electron chi connectivity index (χ2n) is 2.69. The number of nitrogens with one attached hydrogen (secondary N) is 1. The number of alkyl halides is 3. The van der Waals surface area contributed by atoms with Crippen molar-refractivity contribution < 1.29 is 28.2 Å². The Morgan fingerprint density at radius 3 is 2.15 bits per heavy atom. The highest BCUT2D eigenvalue weighted by Gasteiger charge is 2.62. The van der Waals surface area contributed by atoms with Crippen molar-refractivity contribution in [2.45, 2.75) is 18.0 Å². The van der Waals surface area contributed by atoms with Crippen molar-refractivity contribution in [3.63, 3.8) is 0 Å². The van der Waals surface area contributed by atoms with Crippen LogP contribution in [0.15, 0.2) is 0 Å². The molecule has 1 rings (SSSR count). The molecule has 8 heteroatoms. The zero-order valence-corrected chi connectivity index (χ0v) is 6.46. The van der Waals surface area contributed by atoms with Gasteiger partial charge in [-0.05, 0) is 0 Å². The van der Waals surface area contributed by atoms with Crippen molar-refractivity contribution in [1.29, 1.82) is 0 Å². The summed E-state index contributed by atoms with van der Waals surface area (Å²) in [7, 11) is 0.968. The van der Waals surface area contributed by atoms with Crippen LogP contribution in [-0.4, -0.2) is 46.2 Å². The molecule has 1 aliphatic rings. The number of amides is 1. The third-order valence-electron chi connectivity index (χ3n) is 1.67. The second kappa shape index (κ2) is 2.56. The largest absolute Gasteiger partial charge is 0.411 e. The summed E-state index contributed by atoms with van der Waals surface area (Å²) < 4.78 is 36.1. The molecule has 1 saturated heterocycles. The Balaban J connectivity index is 2.98. The van der Waals surface area contributed by atoms with Gasteiger partial charge < -0.3 is 10.2 Å². The lowest BCUT2D eigenvalue weighted by Gasteiger charge is -2.21. The number of carbonyl (C=O) groups excluding carboxylic acids is 1. The summed E-state index contributed by atoms with van der Waals surface area (Å²) in [5, 5.41) is 18.0. The zero-order chi connectivity index (χ0) is 10.4. The van der Waals surface area contributed by atoms with Gasteiger partial charge in [0.15, 0.2) is 6.04 Å². The van der Waals surface area contributed by atoms with Crippen LogP contribution >= 0.6 is 0 Å². The molecule has 1 amide bonds. The highest BCUT2D eigenvalue weighted by molar-refractivity contribution is 5.85. The van der Waals surface area contributed by atoms with Gasteiger partial charge in [-0.15, -0.1) is 0 Å². The number of halogens is 3. The molecular formula is C5H7F3N2O3. The molecule has 3 N–H and O–H groups in total. The van der Waals surface area contributed by atoms with Gasteiger partial charge in [-0.1, -0.05) is 0 Å². The van der Waals surface area contributed by atoms with Crippen LogP contribution in [-0.2, 0) is 4.79 Å². The smallest absolute Gasteiger partial charge is 0.357 e. The molecule has 0 saturated carbocycles. The molecule has 0 aliphatic carbocycles. The van der Waals surface area contributed by atoms with Crippen LogP contribution in [0.1, 0.15) is 0 Å². The second-order valence-corrected chi connectivity index (χ2v) is 2.69. The average Bonchev–Trinajstić information content (AvgIpc) is 2.12. The Hall–Kier alpha value is -0.860. The number of hydrazine groups is 1. The third-order valence-corrected chi connectivity index (χ3v) is 1.67. The molecule has 0 spiro atoms. The van der Waals surface area contributed by atoms with Crippen LogP contribution in [0.5, 0.6) is 0 Å². The van der Waals surface area contributed by atoms with E-state index in [0.717, 1.165) is 7.05 Å². The van der Waals surface area contributed by atoms with Gasteiger partial charge in [-0.25, -0.2) is 5.43 Å². The van der Waals surface area contributed by atoms with E-state index in [1.807, 2.05) is 0 Å². The van der Waals surface area contributed by atoms with E-state index in [0.29, 0.717) is 5.01 Å². The van der Waals surface area contributed by atoms with Crippen LogP contribution in [0.2, 0.25) is 0 Å². The fraction of sp³-hybridized carbons (Fsp3) is 0.800. The van der Waals surface area contributed by atoms with Gasteiger partial charge in [0.1, 0.15) is 0 Å². The van der Waals surface area contributed by atoms with Crippen molar-refractivity contribution in [2.75, 3.05) is 7.05 Å². The molecule has 0 aromatic carbocycles. The minimum atomic E-state index is -4.90. The van der Waals surface area contributed by atoms with Crippen molar-refractivity contribution in [2.24, 2.45) is 0 Å². The number of aliphatic hydroxyl groups is 2. The first kappa shape index (κ1) is 10.2. The lowest BCUT2D eigenvalue weighted by Crippen LogP contribution is -2.54. The van der Waals surface area contributed by atoms with Crippen molar-refractivity contribution in [1.82, 2.24) is 10.4 Å². The van der Waals surface area contributed by atoms with Crippen molar-refractivity contribution in [3.8, 4) is 0 Å². The highest BCUT2D eigenvalue weighted by Crippen LogP contribution is 2.31. The molecule has 1 heterocycles. The van der Waals surface area contributed by atoms with Gasteiger partial charge in [0.2, 0.25) is 0 Å². The molecule has 1 unspecified atom stereocenters. The fourth-order valence-corrected chi connectivity index (χ4v) is 1.01. The Morgan fingerprint density at radius 2 is 2.00 bits per heavy atom. The molecule has 5 nitrogen and oxygen atoms in total. The summed E-state index contributed by atoms with van der Waals surface area (Å²) in [5.74, 6) is -4.86. The Morgan fingerprint density at radius 1 is 1.54 bits per heavy atom. The first-order valence-corrected chi connectivity index (χ1v) is 3.23. The predicted molar refractivity (Wildman–Crippen MR) is 32.9 cm³/mol. The van der Waals surface area contributed by atoms with E-state index >= 15 is 0 Å². The predicted octanol–water partition coefficient (Wildman–Crippen LogP) is -1.43. The molecule has 13 heavy (non-hydrogen) atoms. The van der Waals surface area contributed by atoms with Gasteiger partial charge in [-0.3, -0.25) is 9.80 Å². The maximum Gasteiger partial charge on any atom is 0.411 e. The Kier molecular flexibility index (Phi) is 2.02. The van der Waals surface area contributed by atoms with Crippen LogP contribution in [0.4, 0.5) is 13.2 Å². The van der Waals surface area contributed by atoms with E-state index in [2.05, 4.69) is 0 Å². The van der Waals surface area contributed by atoms with Crippen LogP contribution in [0, 0.1) is 0 Å². The molecule has 1 aliphatic heterocycles. The van der Waals surface area contributed by atoms with Gasteiger partial charge in [0.25, 0.3) is 11.7 Å². The molecule has 1 atom stereocenters. The number of hydrogen-bond donors (Lipinski definition) is 3. The number of nitrogens with zero attached hydrogens (tertiary/aromatic N) is 1. The maximum atomic E-state index is 12.0. The number of rotatable bonds is 0. The summed E-state index contributed by atoms with van der Waals surface area (Å²) in [5.41, 5.74) is 1.59. The Bertz CT molecular complexity index is 240. The van der Waals surface area contributed by atoms with Crippen molar-refractivity contribution in [3.05, 3.63) is 0 Å². The summed E-state index contributed by atoms with van der Waals surface area (Å²) in [6, 6.07) is -2.68. The van der Waals surface area contributed by atoms with E-state index in [4.69, 9.17) is 10.2 Å². The molecule has 0 aromatic heterocycles.